The Morgan fingerprint density at radius 3 is 2.57 bits per heavy atom. The van der Waals surface area contributed by atoms with E-state index in [0.717, 1.165) is 12.1 Å². The van der Waals surface area contributed by atoms with Crippen LogP contribution in [0.3, 0.4) is 0 Å². The van der Waals surface area contributed by atoms with Crippen LogP contribution in [0, 0.1) is 24.1 Å². The van der Waals surface area contributed by atoms with Crippen molar-refractivity contribution in [1.82, 2.24) is 0 Å². The second kappa shape index (κ2) is 4.01. The van der Waals surface area contributed by atoms with Gasteiger partial charge < -0.3 is 4.74 Å². The molecule has 2 nitrogen and oxygen atoms in total. The molecule has 0 unspecified atom stereocenters. The summed E-state index contributed by atoms with van der Waals surface area (Å²) in [6, 6.07) is 3.47. The van der Waals surface area contributed by atoms with Crippen molar-refractivity contribution in [3.05, 3.63) is 29.1 Å². The predicted molar refractivity (Wildman–Crippen MR) is 42.5 cm³/mol. The van der Waals surface area contributed by atoms with Crippen LogP contribution in [0.25, 0.3) is 0 Å². The molecule has 0 aliphatic carbocycles. The van der Waals surface area contributed by atoms with E-state index >= 15 is 0 Å². The zero-order chi connectivity index (χ0) is 10.7. The third-order valence-corrected chi connectivity index (χ3v) is 1.60. The van der Waals surface area contributed by atoms with Gasteiger partial charge in [0.05, 0.1) is 5.56 Å². The van der Waals surface area contributed by atoms with Crippen LogP contribution in [0.15, 0.2) is 12.1 Å². The molecule has 0 atom stereocenters. The maximum Gasteiger partial charge on any atom is 0.387 e. The van der Waals surface area contributed by atoms with Crippen LogP contribution < -0.4 is 4.74 Å². The van der Waals surface area contributed by atoms with Crippen molar-refractivity contribution < 1.29 is 17.9 Å². The molecule has 0 amide bonds. The molecule has 5 heteroatoms. The lowest BCUT2D eigenvalue weighted by atomic mass is 10.1. The van der Waals surface area contributed by atoms with Crippen molar-refractivity contribution in [2.45, 2.75) is 13.5 Å². The van der Waals surface area contributed by atoms with Gasteiger partial charge in [-0.2, -0.15) is 14.0 Å². The summed E-state index contributed by atoms with van der Waals surface area (Å²) in [5.74, 6) is -0.926. The molecule has 0 aliphatic rings. The summed E-state index contributed by atoms with van der Waals surface area (Å²) in [5, 5.41) is 8.43. The fourth-order valence-electron chi connectivity index (χ4n) is 0.961. The Bertz CT molecular complexity index is 384. The van der Waals surface area contributed by atoms with E-state index in [1.165, 1.54) is 13.0 Å². The van der Waals surface area contributed by atoms with Crippen molar-refractivity contribution in [3.63, 3.8) is 0 Å². The first-order chi connectivity index (χ1) is 6.54. The molecule has 0 fully saturated rings. The van der Waals surface area contributed by atoms with E-state index in [2.05, 4.69) is 4.74 Å². The molecule has 0 spiro atoms. The maximum absolute atomic E-state index is 12.9. The van der Waals surface area contributed by atoms with E-state index in [9.17, 15) is 13.2 Å². The Balaban J connectivity index is 3.12. The van der Waals surface area contributed by atoms with E-state index in [4.69, 9.17) is 5.26 Å². The average molecular weight is 201 g/mol. The van der Waals surface area contributed by atoms with Crippen molar-refractivity contribution in [3.8, 4) is 11.8 Å². The first-order valence-electron chi connectivity index (χ1n) is 3.69. The first kappa shape index (κ1) is 10.4. The molecule has 14 heavy (non-hydrogen) atoms. The van der Waals surface area contributed by atoms with Crippen molar-refractivity contribution in [1.29, 1.82) is 5.26 Å². The largest absolute Gasteiger partial charge is 0.435 e. The van der Waals surface area contributed by atoms with Crippen molar-refractivity contribution in [2.24, 2.45) is 0 Å². The molecule has 0 radical (unpaired) electrons. The number of halogens is 3. The highest BCUT2D eigenvalue weighted by Crippen LogP contribution is 2.23. The number of alkyl halides is 2. The molecule has 74 valence electrons. The third-order valence-electron chi connectivity index (χ3n) is 1.60. The number of ether oxygens (including phenoxy) is 1. The minimum atomic E-state index is -2.98. The van der Waals surface area contributed by atoms with Crippen LogP contribution in [0.5, 0.6) is 5.75 Å². The van der Waals surface area contributed by atoms with Gasteiger partial charge in [-0.3, -0.25) is 0 Å². The fourth-order valence-corrected chi connectivity index (χ4v) is 0.961. The van der Waals surface area contributed by atoms with Gasteiger partial charge in [-0.1, -0.05) is 0 Å². The lowest BCUT2D eigenvalue weighted by Gasteiger charge is -2.08. The monoisotopic (exact) mass is 201 g/mol. The average Bonchev–Trinajstić information content (AvgIpc) is 2.09. The minimum absolute atomic E-state index is 0.182. The standard InChI is InChI=1S/C9H6F3NO/c1-5-2-7(10)6(4-13)3-8(5)14-9(11)12/h2-3,9H,1H3. The number of hydrogen-bond acceptors (Lipinski definition) is 2. The van der Waals surface area contributed by atoms with Gasteiger partial charge in [-0.05, 0) is 18.6 Å². The number of nitrogens with zero attached hydrogens (tertiary/aromatic N) is 1. The highest BCUT2D eigenvalue weighted by molar-refractivity contribution is 5.42. The Morgan fingerprint density at radius 2 is 2.07 bits per heavy atom. The van der Waals surface area contributed by atoms with Gasteiger partial charge in [-0.15, -0.1) is 0 Å². The SMILES string of the molecule is Cc1cc(F)c(C#N)cc1OC(F)F. The minimum Gasteiger partial charge on any atom is -0.435 e. The van der Waals surface area contributed by atoms with Gasteiger partial charge in [0.25, 0.3) is 0 Å². The molecule has 1 aromatic rings. The summed E-state index contributed by atoms with van der Waals surface area (Å²) in [7, 11) is 0. The van der Waals surface area contributed by atoms with Gasteiger partial charge in [0.2, 0.25) is 0 Å². The quantitative estimate of drug-likeness (QED) is 0.736. The summed E-state index contributed by atoms with van der Waals surface area (Å²) in [4.78, 5) is 0. The molecule has 0 aliphatic heterocycles. The van der Waals surface area contributed by atoms with Crippen molar-refractivity contribution in [2.75, 3.05) is 0 Å². The van der Waals surface area contributed by atoms with E-state index in [-0.39, 0.29) is 16.9 Å². The zero-order valence-electron chi connectivity index (χ0n) is 7.22. The second-order valence-electron chi connectivity index (χ2n) is 2.59. The van der Waals surface area contributed by atoms with E-state index < -0.39 is 12.4 Å². The molecule has 0 bridgehead atoms. The van der Waals surface area contributed by atoms with Crippen LogP contribution in [0.2, 0.25) is 0 Å². The third kappa shape index (κ3) is 2.16. The predicted octanol–water partition coefficient (Wildman–Crippen LogP) is 2.61. The molecular formula is C9H6F3NO. The van der Waals surface area contributed by atoms with E-state index in [0.29, 0.717) is 0 Å². The summed E-state index contributed by atoms with van der Waals surface area (Å²) in [5.41, 5.74) is -0.0898. The molecule has 0 N–H and O–H groups in total. The highest BCUT2D eigenvalue weighted by Gasteiger charge is 2.11. The molecule has 0 saturated carbocycles. The second-order valence-corrected chi connectivity index (χ2v) is 2.59. The molecule has 0 aromatic heterocycles. The van der Waals surface area contributed by atoms with E-state index in [1.807, 2.05) is 0 Å². The van der Waals surface area contributed by atoms with Gasteiger partial charge in [0, 0.05) is 6.07 Å². The van der Waals surface area contributed by atoms with Crippen LogP contribution >= 0.6 is 0 Å². The number of benzene rings is 1. The van der Waals surface area contributed by atoms with Crippen LogP contribution in [0.1, 0.15) is 11.1 Å². The lowest BCUT2D eigenvalue weighted by molar-refractivity contribution is -0.0503. The number of rotatable bonds is 2. The molecule has 0 saturated heterocycles. The normalized spacial score (nSPS) is 10.0. The Kier molecular flexibility index (Phi) is 2.97. The van der Waals surface area contributed by atoms with Crippen LogP contribution in [-0.4, -0.2) is 6.61 Å². The maximum atomic E-state index is 12.9. The number of hydrogen-bond donors (Lipinski definition) is 0. The summed E-state index contributed by atoms with van der Waals surface area (Å²) in [6.07, 6.45) is 0. The van der Waals surface area contributed by atoms with Crippen LogP contribution in [-0.2, 0) is 0 Å². The smallest absolute Gasteiger partial charge is 0.387 e. The summed E-state index contributed by atoms with van der Waals surface area (Å²) < 4.78 is 40.7. The zero-order valence-corrected chi connectivity index (χ0v) is 7.22. The summed E-state index contributed by atoms with van der Waals surface area (Å²) >= 11 is 0. The summed E-state index contributed by atoms with van der Waals surface area (Å²) in [6.45, 7) is -1.56. The molecule has 1 aromatic carbocycles. The molecular weight excluding hydrogens is 195 g/mol. The Morgan fingerprint density at radius 1 is 1.43 bits per heavy atom. The number of nitriles is 1. The Labute approximate surface area is 78.5 Å². The lowest BCUT2D eigenvalue weighted by Crippen LogP contribution is -2.04. The number of aryl methyl sites for hydroxylation is 1. The fraction of sp³-hybridized carbons (Fsp3) is 0.222. The van der Waals surface area contributed by atoms with Gasteiger partial charge >= 0.3 is 6.61 Å². The highest BCUT2D eigenvalue weighted by atomic mass is 19.3. The van der Waals surface area contributed by atoms with Crippen molar-refractivity contribution >= 4 is 0 Å². The van der Waals surface area contributed by atoms with Gasteiger partial charge in [-0.25, -0.2) is 4.39 Å². The molecule has 1 rings (SSSR count). The topological polar surface area (TPSA) is 33.0 Å². The van der Waals surface area contributed by atoms with Gasteiger partial charge in [0.15, 0.2) is 0 Å². The van der Waals surface area contributed by atoms with Crippen LogP contribution in [0.4, 0.5) is 13.2 Å². The Hall–Kier alpha value is -1.70. The molecule has 0 heterocycles. The van der Waals surface area contributed by atoms with E-state index in [1.54, 1.807) is 0 Å². The first-order valence-corrected chi connectivity index (χ1v) is 3.69. The van der Waals surface area contributed by atoms with Gasteiger partial charge in [0.1, 0.15) is 17.6 Å².